The van der Waals surface area contributed by atoms with Gasteiger partial charge in [0.1, 0.15) is 0 Å². The molecule has 1 saturated carbocycles. The second-order valence-electron chi connectivity index (χ2n) is 9.75. The second-order valence-corrected chi connectivity index (χ2v) is 11.4. The van der Waals surface area contributed by atoms with Crippen LogP contribution in [0, 0.1) is 17.2 Å². The lowest BCUT2D eigenvalue weighted by molar-refractivity contribution is -0.136. The van der Waals surface area contributed by atoms with Crippen molar-refractivity contribution >= 4 is 32.5 Å². The Hall–Kier alpha value is -3.31. The molecule has 1 aliphatic heterocycles. The zero-order valence-electron chi connectivity index (χ0n) is 19.9. The van der Waals surface area contributed by atoms with Gasteiger partial charge in [0.25, 0.3) is 10.0 Å². The Balaban J connectivity index is 1.35. The summed E-state index contributed by atoms with van der Waals surface area (Å²) < 4.78 is 30.6. The standard InChI is InChI=1S/C27H30N4O3S/c1-30-18-25(20-12-14-31(15-13-20)27(32)21-4-2-3-5-21)24-16-22(8-11-26(24)30)29-35(33,34)23-9-6-19(17-28)7-10-23/h6-11,16,18,20-21,29H,2-5,12-15H2,1H3. The molecule has 0 atom stereocenters. The molecule has 1 amide bonds. The SMILES string of the molecule is Cn1cc(C2CCN(C(=O)C3CCCC3)CC2)c2cc(NS(=O)(=O)c3ccc(C#N)cc3)ccc21. The van der Waals surface area contributed by atoms with Crippen LogP contribution < -0.4 is 4.72 Å². The maximum Gasteiger partial charge on any atom is 0.261 e. The van der Waals surface area contributed by atoms with Gasteiger partial charge in [-0.25, -0.2) is 8.42 Å². The van der Waals surface area contributed by atoms with Crippen molar-refractivity contribution in [3.05, 3.63) is 59.8 Å². The van der Waals surface area contributed by atoms with Gasteiger partial charge in [0.05, 0.1) is 16.5 Å². The summed E-state index contributed by atoms with van der Waals surface area (Å²) in [6.07, 6.45) is 8.37. The van der Waals surface area contributed by atoms with Gasteiger partial charge >= 0.3 is 0 Å². The zero-order chi connectivity index (χ0) is 24.6. The number of hydrogen-bond acceptors (Lipinski definition) is 4. The quantitative estimate of drug-likeness (QED) is 0.558. The average molecular weight is 491 g/mol. The van der Waals surface area contributed by atoms with E-state index in [0.717, 1.165) is 49.7 Å². The number of benzene rings is 2. The predicted octanol–water partition coefficient (Wildman–Crippen LogP) is 4.75. The molecule has 1 saturated heterocycles. The number of sulfonamides is 1. The molecule has 2 heterocycles. The number of fused-ring (bicyclic) bond motifs is 1. The van der Waals surface area contributed by atoms with Gasteiger partial charge in [-0.1, -0.05) is 12.8 Å². The number of piperidine rings is 1. The third kappa shape index (κ3) is 4.65. The van der Waals surface area contributed by atoms with Crippen LogP contribution in [0.3, 0.4) is 0 Å². The molecule has 2 aliphatic rings. The number of nitrogens with one attached hydrogen (secondary N) is 1. The Kier molecular flexibility index (Phi) is 6.28. The molecule has 2 fully saturated rings. The van der Waals surface area contributed by atoms with Crippen LogP contribution in [0.5, 0.6) is 0 Å². The van der Waals surface area contributed by atoms with E-state index < -0.39 is 10.0 Å². The lowest BCUT2D eigenvalue weighted by atomic mass is 9.88. The monoisotopic (exact) mass is 490 g/mol. The van der Waals surface area contributed by atoms with Crippen molar-refractivity contribution in [3.8, 4) is 6.07 Å². The summed E-state index contributed by atoms with van der Waals surface area (Å²) >= 11 is 0. The van der Waals surface area contributed by atoms with Gasteiger partial charge in [-0.2, -0.15) is 5.26 Å². The zero-order valence-corrected chi connectivity index (χ0v) is 20.7. The molecule has 7 nitrogen and oxygen atoms in total. The summed E-state index contributed by atoms with van der Waals surface area (Å²) in [7, 11) is -1.77. The van der Waals surface area contributed by atoms with E-state index in [9.17, 15) is 13.2 Å². The Bertz CT molecular complexity index is 1390. The molecule has 2 aromatic carbocycles. The highest BCUT2D eigenvalue weighted by Gasteiger charge is 2.31. The highest BCUT2D eigenvalue weighted by atomic mass is 32.2. The molecule has 35 heavy (non-hydrogen) atoms. The first kappa shape index (κ1) is 23.4. The van der Waals surface area contributed by atoms with Crippen molar-refractivity contribution in [3.63, 3.8) is 0 Å². The number of likely N-dealkylation sites (tertiary alicyclic amines) is 1. The summed E-state index contributed by atoms with van der Waals surface area (Å²) in [5.74, 6) is 0.880. The smallest absolute Gasteiger partial charge is 0.261 e. The van der Waals surface area contributed by atoms with E-state index >= 15 is 0 Å². The summed E-state index contributed by atoms with van der Waals surface area (Å²) in [5.41, 5.74) is 3.17. The summed E-state index contributed by atoms with van der Waals surface area (Å²) in [6.45, 7) is 1.56. The number of aryl methyl sites for hydroxylation is 1. The van der Waals surface area contributed by atoms with Gasteiger partial charge in [-0.05, 0) is 79.6 Å². The maximum absolute atomic E-state index is 12.9. The number of aromatic nitrogens is 1. The number of nitrogens with zero attached hydrogens (tertiary/aromatic N) is 3. The van der Waals surface area contributed by atoms with E-state index in [1.165, 1.54) is 42.7 Å². The molecule has 0 spiro atoms. The molecular formula is C27H30N4O3S. The molecule has 1 aromatic heterocycles. The van der Waals surface area contributed by atoms with E-state index in [-0.39, 0.29) is 10.8 Å². The summed E-state index contributed by atoms with van der Waals surface area (Å²) in [5, 5.41) is 9.99. The first-order chi connectivity index (χ1) is 16.9. The number of rotatable bonds is 5. The van der Waals surface area contributed by atoms with Crippen LogP contribution >= 0.6 is 0 Å². The van der Waals surface area contributed by atoms with E-state index in [1.54, 1.807) is 6.07 Å². The Morgan fingerprint density at radius 3 is 2.37 bits per heavy atom. The van der Waals surface area contributed by atoms with Crippen molar-refractivity contribution in [1.82, 2.24) is 9.47 Å². The van der Waals surface area contributed by atoms with Crippen molar-refractivity contribution in [2.75, 3.05) is 17.8 Å². The van der Waals surface area contributed by atoms with Crippen molar-refractivity contribution < 1.29 is 13.2 Å². The third-order valence-electron chi connectivity index (χ3n) is 7.52. The number of nitriles is 1. The molecular weight excluding hydrogens is 460 g/mol. The molecule has 5 rings (SSSR count). The van der Waals surface area contributed by atoms with Gasteiger partial charge < -0.3 is 9.47 Å². The lowest BCUT2D eigenvalue weighted by Gasteiger charge is -2.33. The summed E-state index contributed by atoms with van der Waals surface area (Å²) in [6, 6.07) is 13.5. The van der Waals surface area contributed by atoms with Crippen LogP contribution in [0.15, 0.2) is 53.6 Å². The van der Waals surface area contributed by atoms with E-state index in [2.05, 4.69) is 20.4 Å². The minimum Gasteiger partial charge on any atom is -0.350 e. The van der Waals surface area contributed by atoms with Crippen LogP contribution in [-0.2, 0) is 21.9 Å². The van der Waals surface area contributed by atoms with E-state index in [0.29, 0.717) is 23.1 Å². The van der Waals surface area contributed by atoms with Crippen molar-refractivity contribution in [2.45, 2.75) is 49.3 Å². The van der Waals surface area contributed by atoms with Crippen LogP contribution in [0.25, 0.3) is 10.9 Å². The van der Waals surface area contributed by atoms with E-state index in [4.69, 9.17) is 5.26 Å². The molecule has 1 N–H and O–H groups in total. The maximum atomic E-state index is 12.9. The topological polar surface area (TPSA) is 95.2 Å². The first-order valence-electron chi connectivity index (χ1n) is 12.3. The number of carbonyl (C=O) groups is 1. The average Bonchev–Trinajstić information content (AvgIpc) is 3.52. The molecule has 3 aromatic rings. The Morgan fingerprint density at radius 2 is 1.71 bits per heavy atom. The van der Waals surface area contributed by atoms with Crippen LogP contribution in [0.4, 0.5) is 5.69 Å². The Morgan fingerprint density at radius 1 is 1.03 bits per heavy atom. The van der Waals surface area contributed by atoms with Crippen molar-refractivity contribution in [1.29, 1.82) is 5.26 Å². The van der Waals surface area contributed by atoms with Crippen LogP contribution in [0.1, 0.15) is 55.6 Å². The van der Waals surface area contributed by atoms with Gasteiger partial charge in [0.15, 0.2) is 0 Å². The molecule has 0 bridgehead atoms. The fourth-order valence-electron chi connectivity index (χ4n) is 5.58. The largest absolute Gasteiger partial charge is 0.350 e. The fraction of sp³-hybridized carbons (Fsp3) is 0.407. The van der Waals surface area contributed by atoms with Gasteiger partial charge in [0.2, 0.25) is 5.91 Å². The van der Waals surface area contributed by atoms with Gasteiger partial charge in [0, 0.05) is 48.8 Å². The molecule has 0 radical (unpaired) electrons. The van der Waals surface area contributed by atoms with Crippen LogP contribution in [-0.4, -0.2) is 36.9 Å². The lowest BCUT2D eigenvalue weighted by Crippen LogP contribution is -2.40. The Labute approximate surface area is 206 Å². The highest BCUT2D eigenvalue weighted by molar-refractivity contribution is 7.92. The summed E-state index contributed by atoms with van der Waals surface area (Å²) in [4.78, 5) is 15.0. The normalized spacial score (nSPS) is 17.5. The minimum absolute atomic E-state index is 0.115. The second kappa shape index (κ2) is 9.38. The molecule has 0 unspecified atom stereocenters. The highest BCUT2D eigenvalue weighted by Crippen LogP contribution is 2.37. The van der Waals surface area contributed by atoms with Gasteiger partial charge in [-0.15, -0.1) is 0 Å². The molecule has 1 aliphatic carbocycles. The first-order valence-corrected chi connectivity index (χ1v) is 13.7. The molecule has 182 valence electrons. The van der Waals surface area contributed by atoms with E-state index in [1.807, 2.05) is 25.2 Å². The minimum atomic E-state index is -3.77. The van der Waals surface area contributed by atoms with Gasteiger partial charge in [-0.3, -0.25) is 9.52 Å². The number of hydrogen-bond donors (Lipinski definition) is 1. The van der Waals surface area contributed by atoms with Crippen LogP contribution in [0.2, 0.25) is 0 Å². The number of anilines is 1. The fourth-order valence-corrected chi connectivity index (χ4v) is 6.63. The predicted molar refractivity (Wildman–Crippen MR) is 135 cm³/mol. The molecule has 8 heteroatoms. The third-order valence-corrected chi connectivity index (χ3v) is 8.91. The van der Waals surface area contributed by atoms with Crippen molar-refractivity contribution in [2.24, 2.45) is 13.0 Å². The number of carbonyl (C=O) groups excluding carboxylic acids is 1. The number of amides is 1.